The second-order valence-corrected chi connectivity index (χ2v) is 7.22. The van der Waals surface area contributed by atoms with Crippen LogP contribution in [0.3, 0.4) is 0 Å². The summed E-state index contributed by atoms with van der Waals surface area (Å²) in [4.78, 5) is 2.15. The van der Waals surface area contributed by atoms with Gasteiger partial charge in [0.05, 0.1) is 25.1 Å². The molecule has 0 spiro atoms. The lowest BCUT2D eigenvalue weighted by molar-refractivity contribution is 0.104. The minimum atomic E-state index is 0.339. The summed E-state index contributed by atoms with van der Waals surface area (Å²) >= 11 is 7.23. The molecule has 2 aliphatic rings. The van der Waals surface area contributed by atoms with Crippen molar-refractivity contribution in [3.05, 3.63) is 50.9 Å². The third-order valence-electron chi connectivity index (χ3n) is 4.03. The van der Waals surface area contributed by atoms with E-state index >= 15 is 0 Å². The number of para-hydroxylation sites is 1. The normalized spacial score (nSPS) is 19.0. The molecule has 0 bridgehead atoms. The summed E-state index contributed by atoms with van der Waals surface area (Å²) < 4.78 is 13.7. The first kappa shape index (κ1) is 15.9. The predicted molar refractivity (Wildman–Crippen MR) is 95.7 cm³/mol. The van der Waals surface area contributed by atoms with Crippen LogP contribution in [0.5, 0.6) is 0 Å². The van der Waals surface area contributed by atoms with E-state index in [1.165, 1.54) is 12.8 Å². The Morgan fingerprint density at radius 3 is 2.41 bits per heavy atom. The van der Waals surface area contributed by atoms with E-state index in [2.05, 4.69) is 42.8 Å². The predicted octanol–water partition coefficient (Wildman–Crippen LogP) is 5.36. The van der Waals surface area contributed by atoms with Crippen LogP contribution in [0.1, 0.15) is 25.7 Å². The topological polar surface area (TPSA) is 21.7 Å². The van der Waals surface area contributed by atoms with Gasteiger partial charge in [-0.25, -0.2) is 0 Å². The fourth-order valence-electron chi connectivity index (χ4n) is 2.90. The molecule has 0 saturated heterocycles. The fourth-order valence-corrected chi connectivity index (χ4v) is 4.36. The van der Waals surface area contributed by atoms with Crippen molar-refractivity contribution in [3.8, 4) is 0 Å². The maximum atomic E-state index is 6.12. The van der Waals surface area contributed by atoms with Gasteiger partial charge in [-0.1, -0.05) is 6.07 Å². The second kappa shape index (κ2) is 7.09. The van der Waals surface area contributed by atoms with Crippen LogP contribution in [-0.2, 0) is 9.47 Å². The van der Waals surface area contributed by atoms with Crippen LogP contribution in [0.25, 0.3) is 0 Å². The van der Waals surface area contributed by atoms with Crippen LogP contribution in [-0.4, -0.2) is 19.8 Å². The van der Waals surface area contributed by atoms with Crippen molar-refractivity contribution in [1.29, 1.82) is 0 Å². The van der Waals surface area contributed by atoms with E-state index in [-0.39, 0.29) is 0 Å². The Kier molecular flexibility index (Phi) is 5.14. The first-order valence-corrected chi connectivity index (χ1v) is 9.11. The van der Waals surface area contributed by atoms with Gasteiger partial charge in [0, 0.05) is 15.5 Å². The van der Waals surface area contributed by atoms with Gasteiger partial charge in [0.25, 0.3) is 0 Å². The summed E-state index contributed by atoms with van der Waals surface area (Å²) in [5, 5.41) is 0. The van der Waals surface area contributed by atoms with Crippen LogP contribution >= 0.6 is 31.9 Å². The Hall–Kier alpha value is -0.940. The van der Waals surface area contributed by atoms with Gasteiger partial charge in [0.15, 0.2) is 11.5 Å². The van der Waals surface area contributed by atoms with E-state index in [1.54, 1.807) is 7.11 Å². The molecule has 1 saturated carbocycles. The molecular formula is C17H19Br2NO2. The van der Waals surface area contributed by atoms with Gasteiger partial charge in [-0.3, -0.25) is 0 Å². The molecule has 0 unspecified atom stereocenters. The summed E-state index contributed by atoms with van der Waals surface area (Å²) in [6.45, 7) is 0.760. The van der Waals surface area contributed by atoms with Crippen LogP contribution < -0.4 is 4.90 Å². The number of rotatable bonds is 4. The van der Waals surface area contributed by atoms with Gasteiger partial charge in [-0.2, -0.15) is 0 Å². The van der Waals surface area contributed by atoms with E-state index in [9.17, 15) is 0 Å². The van der Waals surface area contributed by atoms with Crippen molar-refractivity contribution >= 4 is 37.5 Å². The molecule has 0 amide bonds. The van der Waals surface area contributed by atoms with Crippen LogP contribution in [0.15, 0.2) is 50.9 Å². The Morgan fingerprint density at radius 2 is 1.77 bits per heavy atom. The standard InChI is InChI=1S/C17H19Br2NO2/c1-21-16-11-20(17-13(18)7-4-8-14(17)19)10-9-15(16)22-12-5-2-3-6-12/h4,7-9,11-12H,2-3,5-6,10H2,1H3. The average molecular weight is 429 g/mol. The summed E-state index contributed by atoms with van der Waals surface area (Å²) in [7, 11) is 1.69. The molecule has 0 N–H and O–H groups in total. The quantitative estimate of drug-likeness (QED) is 0.643. The Balaban J connectivity index is 1.81. The molecule has 118 valence electrons. The van der Waals surface area contributed by atoms with Gasteiger partial charge >= 0.3 is 0 Å². The van der Waals surface area contributed by atoms with Gasteiger partial charge < -0.3 is 14.4 Å². The molecule has 3 nitrogen and oxygen atoms in total. The molecule has 1 aromatic carbocycles. The lowest BCUT2D eigenvalue weighted by Crippen LogP contribution is -2.24. The molecular weight excluding hydrogens is 410 g/mol. The number of benzene rings is 1. The van der Waals surface area contributed by atoms with E-state index in [0.717, 1.165) is 45.5 Å². The highest BCUT2D eigenvalue weighted by atomic mass is 79.9. The maximum Gasteiger partial charge on any atom is 0.176 e. The lowest BCUT2D eigenvalue weighted by Gasteiger charge is -2.28. The molecule has 0 aromatic heterocycles. The minimum Gasteiger partial charge on any atom is -0.491 e. The second-order valence-electron chi connectivity index (χ2n) is 5.51. The average Bonchev–Trinajstić information content (AvgIpc) is 3.01. The number of hydrogen-bond donors (Lipinski definition) is 0. The van der Waals surface area contributed by atoms with Crippen molar-refractivity contribution in [3.63, 3.8) is 0 Å². The molecule has 0 atom stereocenters. The van der Waals surface area contributed by atoms with Crippen molar-refractivity contribution in [2.24, 2.45) is 0 Å². The zero-order valence-corrected chi connectivity index (χ0v) is 15.7. The number of ether oxygens (including phenoxy) is 2. The lowest BCUT2D eigenvalue weighted by atomic mass is 10.2. The molecule has 22 heavy (non-hydrogen) atoms. The molecule has 1 aliphatic heterocycles. The Morgan fingerprint density at radius 1 is 1.09 bits per heavy atom. The minimum absolute atomic E-state index is 0.339. The highest BCUT2D eigenvalue weighted by Crippen LogP contribution is 2.36. The number of hydrogen-bond acceptors (Lipinski definition) is 3. The van der Waals surface area contributed by atoms with Crippen LogP contribution in [0.2, 0.25) is 0 Å². The van der Waals surface area contributed by atoms with Crippen molar-refractivity contribution in [2.75, 3.05) is 18.6 Å². The number of nitrogens with zero attached hydrogens (tertiary/aromatic N) is 1. The van der Waals surface area contributed by atoms with Crippen molar-refractivity contribution in [2.45, 2.75) is 31.8 Å². The number of anilines is 1. The van der Waals surface area contributed by atoms with Crippen LogP contribution in [0, 0.1) is 0 Å². The highest BCUT2D eigenvalue weighted by molar-refractivity contribution is 9.11. The SMILES string of the molecule is COC1=CN(c2c(Br)cccc2Br)CC=C1OC1CCCC1. The zero-order chi connectivity index (χ0) is 15.5. The van der Waals surface area contributed by atoms with Gasteiger partial charge in [0.1, 0.15) is 0 Å². The van der Waals surface area contributed by atoms with E-state index < -0.39 is 0 Å². The molecule has 0 radical (unpaired) electrons. The monoisotopic (exact) mass is 427 g/mol. The van der Waals surface area contributed by atoms with Crippen molar-refractivity contribution < 1.29 is 9.47 Å². The Labute approximate surface area is 148 Å². The molecule has 1 aromatic rings. The molecule has 1 aliphatic carbocycles. The Bertz CT molecular complexity index is 586. The molecule has 1 heterocycles. The largest absolute Gasteiger partial charge is 0.491 e. The third kappa shape index (κ3) is 3.35. The summed E-state index contributed by atoms with van der Waals surface area (Å²) in [6, 6.07) is 6.08. The number of methoxy groups -OCH3 is 1. The maximum absolute atomic E-state index is 6.12. The van der Waals surface area contributed by atoms with Crippen molar-refractivity contribution in [1.82, 2.24) is 0 Å². The van der Waals surface area contributed by atoms with E-state index in [0.29, 0.717) is 6.10 Å². The fraction of sp³-hybridized carbons (Fsp3) is 0.412. The molecule has 3 rings (SSSR count). The summed E-state index contributed by atoms with van der Waals surface area (Å²) in [6.07, 6.45) is 9.27. The number of halogens is 2. The third-order valence-corrected chi connectivity index (χ3v) is 5.31. The van der Waals surface area contributed by atoms with E-state index in [1.807, 2.05) is 24.4 Å². The highest BCUT2D eigenvalue weighted by Gasteiger charge is 2.23. The first-order chi connectivity index (χ1) is 10.7. The smallest absolute Gasteiger partial charge is 0.176 e. The summed E-state index contributed by atoms with van der Waals surface area (Å²) in [5.41, 5.74) is 1.09. The zero-order valence-electron chi connectivity index (χ0n) is 12.5. The van der Waals surface area contributed by atoms with Gasteiger partial charge in [-0.15, -0.1) is 0 Å². The summed E-state index contributed by atoms with van der Waals surface area (Å²) in [5.74, 6) is 1.65. The van der Waals surface area contributed by atoms with Crippen LogP contribution in [0.4, 0.5) is 5.69 Å². The molecule has 5 heteroatoms. The van der Waals surface area contributed by atoms with E-state index in [4.69, 9.17) is 9.47 Å². The first-order valence-electron chi connectivity index (χ1n) is 7.52. The van der Waals surface area contributed by atoms with Gasteiger partial charge in [0.2, 0.25) is 0 Å². The van der Waals surface area contributed by atoms with Gasteiger partial charge in [-0.05, 0) is 75.8 Å². The molecule has 1 fully saturated rings.